The zero-order valence-electron chi connectivity index (χ0n) is 14.1. The zero-order valence-corrected chi connectivity index (χ0v) is 14.1. The second kappa shape index (κ2) is 8.12. The van der Waals surface area contributed by atoms with Crippen molar-refractivity contribution < 1.29 is 14.3 Å². The van der Waals surface area contributed by atoms with Gasteiger partial charge in [-0.15, -0.1) is 0 Å². The Hall–Kier alpha value is -2.40. The van der Waals surface area contributed by atoms with Crippen LogP contribution in [0.25, 0.3) is 0 Å². The number of benzene rings is 2. The topological polar surface area (TPSA) is 52.6 Å². The summed E-state index contributed by atoms with van der Waals surface area (Å²) in [5.41, 5.74) is 1.86. The molecule has 1 saturated heterocycles. The molecule has 0 atom stereocenters. The van der Waals surface area contributed by atoms with Crippen molar-refractivity contribution in [3.63, 3.8) is 0 Å². The number of carbonyl (C=O) groups excluding carboxylic acids is 1. The van der Waals surface area contributed by atoms with Gasteiger partial charge < -0.3 is 10.4 Å². The van der Waals surface area contributed by atoms with Crippen LogP contribution in [0.3, 0.4) is 0 Å². The summed E-state index contributed by atoms with van der Waals surface area (Å²) in [6, 6.07) is 13.2. The molecule has 1 amide bonds. The van der Waals surface area contributed by atoms with Gasteiger partial charge in [0, 0.05) is 5.69 Å². The van der Waals surface area contributed by atoms with Gasteiger partial charge in [-0.1, -0.05) is 12.1 Å². The highest BCUT2D eigenvalue weighted by atomic mass is 19.1. The quantitative estimate of drug-likeness (QED) is 0.819. The van der Waals surface area contributed by atoms with Gasteiger partial charge in [-0.2, -0.15) is 0 Å². The number of rotatable bonds is 5. The predicted molar refractivity (Wildman–Crippen MR) is 96.0 cm³/mol. The number of carbonyl (C=O) groups is 1. The highest BCUT2D eigenvalue weighted by Gasteiger charge is 2.21. The first kappa shape index (κ1) is 17.4. The molecule has 0 radical (unpaired) electrons. The van der Waals surface area contributed by atoms with Crippen molar-refractivity contribution >= 4 is 11.6 Å². The van der Waals surface area contributed by atoms with E-state index in [1.54, 1.807) is 24.3 Å². The molecule has 1 aliphatic heterocycles. The van der Waals surface area contributed by atoms with Crippen molar-refractivity contribution in [2.24, 2.45) is 5.92 Å². The number of likely N-dealkylation sites (tertiary alicyclic amines) is 1. The number of nitrogens with one attached hydrogen (secondary N) is 1. The monoisotopic (exact) mass is 342 g/mol. The van der Waals surface area contributed by atoms with E-state index in [0.717, 1.165) is 32.4 Å². The summed E-state index contributed by atoms with van der Waals surface area (Å²) >= 11 is 0. The summed E-state index contributed by atoms with van der Waals surface area (Å²) in [5.74, 6) is 0.531. The van der Waals surface area contributed by atoms with Crippen LogP contribution >= 0.6 is 0 Å². The number of aromatic hydroxyl groups is 1. The molecule has 25 heavy (non-hydrogen) atoms. The van der Waals surface area contributed by atoms with Gasteiger partial charge >= 0.3 is 0 Å². The number of piperidine rings is 1. The van der Waals surface area contributed by atoms with Crippen LogP contribution in [0.4, 0.5) is 10.1 Å². The Bertz CT molecular complexity index is 693. The molecule has 0 aromatic heterocycles. The molecule has 3 rings (SSSR count). The lowest BCUT2D eigenvalue weighted by Gasteiger charge is -2.31. The summed E-state index contributed by atoms with van der Waals surface area (Å²) in [4.78, 5) is 14.3. The van der Waals surface area contributed by atoms with E-state index < -0.39 is 0 Å². The van der Waals surface area contributed by atoms with Crippen molar-refractivity contribution in [3.05, 3.63) is 59.9 Å². The molecule has 2 aromatic rings. The number of phenolic OH excluding ortho intramolecular Hbond substituents is 1. The van der Waals surface area contributed by atoms with Gasteiger partial charge in [0.05, 0.1) is 6.54 Å². The van der Waals surface area contributed by atoms with Crippen molar-refractivity contribution in [1.29, 1.82) is 0 Å². The van der Waals surface area contributed by atoms with E-state index in [-0.39, 0.29) is 17.5 Å². The zero-order chi connectivity index (χ0) is 17.6. The Labute approximate surface area is 147 Å². The van der Waals surface area contributed by atoms with E-state index in [0.29, 0.717) is 18.2 Å². The van der Waals surface area contributed by atoms with Gasteiger partial charge in [0.2, 0.25) is 5.91 Å². The number of hydrogen-bond donors (Lipinski definition) is 2. The maximum Gasteiger partial charge on any atom is 0.238 e. The molecule has 0 spiro atoms. The van der Waals surface area contributed by atoms with Crippen molar-refractivity contribution in [2.75, 3.05) is 25.0 Å². The molecule has 0 saturated carbocycles. The van der Waals surface area contributed by atoms with Gasteiger partial charge in [-0.25, -0.2) is 4.39 Å². The second-order valence-corrected chi connectivity index (χ2v) is 6.65. The molecule has 0 unspecified atom stereocenters. The average Bonchev–Trinajstić information content (AvgIpc) is 2.61. The number of amides is 1. The highest BCUT2D eigenvalue weighted by molar-refractivity contribution is 5.92. The standard InChI is InChI=1S/C20H23FN2O2/c21-17-3-1-15(2-4-17)13-16-9-11-23(12-10-16)14-20(25)22-18-5-7-19(24)8-6-18/h1-8,16,24H,9-14H2,(H,22,25). The summed E-state index contributed by atoms with van der Waals surface area (Å²) in [6.07, 6.45) is 3.06. The number of nitrogens with zero attached hydrogens (tertiary/aromatic N) is 1. The molecule has 2 aromatic carbocycles. The molecule has 1 fully saturated rings. The van der Waals surface area contributed by atoms with E-state index in [2.05, 4.69) is 10.2 Å². The van der Waals surface area contributed by atoms with E-state index in [4.69, 9.17) is 0 Å². The summed E-state index contributed by atoms with van der Waals surface area (Å²) < 4.78 is 13.0. The third-order valence-electron chi connectivity index (χ3n) is 4.66. The van der Waals surface area contributed by atoms with Crippen LogP contribution in [0.15, 0.2) is 48.5 Å². The second-order valence-electron chi connectivity index (χ2n) is 6.65. The number of phenols is 1. The lowest BCUT2D eigenvalue weighted by Crippen LogP contribution is -2.39. The fourth-order valence-electron chi connectivity index (χ4n) is 3.25. The number of hydrogen-bond acceptors (Lipinski definition) is 3. The normalized spacial score (nSPS) is 15.9. The predicted octanol–water partition coefficient (Wildman–Crippen LogP) is 3.42. The molecule has 5 heteroatoms. The third kappa shape index (κ3) is 5.29. The lowest BCUT2D eigenvalue weighted by molar-refractivity contribution is -0.117. The minimum Gasteiger partial charge on any atom is -0.508 e. The minimum atomic E-state index is -0.196. The van der Waals surface area contributed by atoms with Gasteiger partial charge in [-0.3, -0.25) is 9.69 Å². The Balaban J connectivity index is 1.42. The molecule has 132 valence electrons. The molecule has 1 aliphatic rings. The SMILES string of the molecule is O=C(CN1CCC(Cc2ccc(F)cc2)CC1)Nc1ccc(O)cc1. The van der Waals surface area contributed by atoms with Crippen LogP contribution in [0, 0.1) is 11.7 Å². The maximum absolute atomic E-state index is 13.0. The van der Waals surface area contributed by atoms with Gasteiger partial charge in [-0.05, 0) is 80.2 Å². The van der Waals surface area contributed by atoms with E-state index in [9.17, 15) is 14.3 Å². The van der Waals surface area contributed by atoms with E-state index in [1.165, 1.54) is 17.7 Å². The number of halogens is 1. The lowest BCUT2D eigenvalue weighted by atomic mass is 9.90. The fraction of sp³-hybridized carbons (Fsp3) is 0.350. The summed E-state index contributed by atoms with van der Waals surface area (Å²) in [7, 11) is 0. The van der Waals surface area contributed by atoms with E-state index >= 15 is 0 Å². The van der Waals surface area contributed by atoms with Gasteiger partial charge in [0.1, 0.15) is 11.6 Å². The Morgan fingerprint density at radius 1 is 1.08 bits per heavy atom. The Kier molecular flexibility index (Phi) is 5.66. The van der Waals surface area contributed by atoms with E-state index in [1.807, 2.05) is 12.1 Å². The van der Waals surface area contributed by atoms with Crippen molar-refractivity contribution in [3.8, 4) is 5.75 Å². The third-order valence-corrected chi connectivity index (χ3v) is 4.66. The fourth-order valence-corrected chi connectivity index (χ4v) is 3.25. The first-order valence-corrected chi connectivity index (χ1v) is 8.64. The smallest absolute Gasteiger partial charge is 0.238 e. The largest absolute Gasteiger partial charge is 0.508 e. The van der Waals surface area contributed by atoms with Crippen LogP contribution in [0.5, 0.6) is 5.75 Å². The first-order chi connectivity index (χ1) is 12.1. The molecule has 0 aliphatic carbocycles. The molecular formula is C20H23FN2O2. The average molecular weight is 342 g/mol. The molecule has 0 bridgehead atoms. The maximum atomic E-state index is 13.0. The van der Waals surface area contributed by atoms with Crippen LogP contribution in [-0.2, 0) is 11.2 Å². The molecule has 2 N–H and O–H groups in total. The van der Waals surface area contributed by atoms with Gasteiger partial charge in [0.15, 0.2) is 0 Å². The Morgan fingerprint density at radius 2 is 1.72 bits per heavy atom. The Morgan fingerprint density at radius 3 is 2.36 bits per heavy atom. The first-order valence-electron chi connectivity index (χ1n) is 8.64. The van der Waals surface area contributed by atoms with Gasteiger partial charge in [0.25, 0.3) is 0 Å². The molecule has 4 nitrogen and oxygen atoms in total. The van der Waals surface area contributed by atoms with Crippen LogP contribution in [0.1, 0.15) is 18.4 Å². The highest BCUT2D eigenvalue weighted by Crippen LogP contribution is 2.22. The molecule has 1 heterocycles. The van der Waals surface area contributed by atoms with Crippen molar-refractivity contribution in [1.82, 2.24) is 4.90 Å². The van der Waals surface area contributed by atoms with Crippen LogP contribution in [-0.4, -0.2) is 35.5 Å². The summed E-state index contributed by atoms with van der Waals surface area (Å²) in [5, 5.41) is 12.1. The van der Waals surface area contributed by atoms with Crippen LogP contribution < -0.4 is 5.32 Å². The van der Waals surface area contributed by atoms with Crippen molar-refractivity contribution in [2.45, 2.75) is 19.3 Å². The summed E-state index contributed by atoms with van der Waals surface area (Å²) in [6.45, 7) is 2.17. The number of anilines is 1. The minimum absolute atomic E-state index is 0.0392. The molecular weight excluding hydrogens is 319 g/mol. The van der Waals surface area contributed by atoms with Crippen LogP contribution in [0.2, 0.25) is 0 Å².